The van der Waals surface area contributed by atoms with Crippen molar-refractivity contribution in [1.29, 1.82) is 0 Å². The summed E-state index contributed by atoms with van der Waals surface area (Å²) in [6, 6.07) is 12.6. The molecule has 0 radical (unpaired) electrons. The molecule has 7 heteroatoms. The third-order valence-electron chi connectivity index (χ3n) is 3.67. The smallest absolute Gasteiger partial charge is 0.302 e. The highest BCUT2D eigenvalue weighted by Crippen LogP contribution is 2.38. The van der Waals surface area contributed by atoms with E-state index in [1.807, 2.05) is 25.1 Å². The van der Waals surface area contributed by atoms with Crippen LogP contribution in [0.3, 0.4) is 0 Å². The minimum Gasteiger partial charge on any atom is -0.493 e. The van der Waals surface area contributed by atoms with E-state index in [1.165, 1.54) is 24.3 Å². The zero-order valence-corrected chi connectivity index (χ0v) is 13.5. The largest absolute Gasteiger partial charge is 0.493 e. The van der Waals surface area contributed by atoms with Crippen LogP contribution in [-0.4, -0.2) is 22.2 Å². The number of benzene rings is 2. The first kappa shape index (κ1) is 16.6. The van der Waals surface area contributed by atoms with Crippen molar-refractivity contribution in [1.82, 2.24) is 4.57 Å². The van der Waals surface area contributed by atoms with Gasteiger partial charge < -0.3 is 14.4 Å². The van der Waals surface area contributed by atoms with E-state index in [1.54, 1.807) is 10.6 Å². The zero-order chi connectivity index (χ0) is 17.8. The van der Waals surface area contributed by atoms with E-state index in [2.05, 4.69) is 10.2 Å². The lowest BCUT2D eigenvalue weighted by atomic mass is 10.2. The maximum Gasteiger partial charge on any atom is 0.302 e. The van der Waals surface area contributed by atoms with Gasteiger partial charge in [0, 0.05) is 11.9 Å². The Morgan fingerprint density at radius 2 is 1.92 bits per heavy atom. The lowest BCUT2D eigenvalue weighted by molar-refractivity contribution is -0.120. The van der Waals surface area contributed by atoms with E-state index in [0.29, 0.717) is 17.7 Å². The molecule has 0 aliphatic rings. The minimum absolute atomic E-state index is 0.0419. The van der Waals surface area contributed by atoms with Gasteiger partial charge in [-0.05, 0) is 37.3 Å². The van der Waals surface area contributed by atoms with Crippen LogP contribution in [0.1, 0.15) is 6.92 Å². The Labute approximate surface area is 143 Å². The Morgan fingerprint density at radius 3 is 2.64 bits per heavy atom. The van der Waals surface area contributed by atoms with Crippen molar-refractivity contribution in [3.63, 3.8) is 0 Å². The van der Waals surface area contributed by atoms with Gasteiger partial charge in [0.1, 0.15) is 11.6 Å². The molecule has 6 nitrogen and oxygen atoms in total. The van der Waals surface area contributed by atoms with Crippen LogP contribution in [0.5, 0.6) is 11.6 Å². The Bertz CT molecular complexity index is 933. The van der Waals surface area contributed by atoms with Gasteiger partial charge in [-0.3, -0.25) is 4.79 Å². The minimum atomic E-state index is -0.614. The van der Waals surface area contributed by atoms with E-state index < -0.39 is 5.91 Å². The van der Waals surface area contributed by atoms with Crippen LogP contribution < -0.4 is 4.74 Å². The molecular weight excluding hydrogens is 325 g/mol. The van der Waals surface area contributed by atoms with Crippen molar-refractivity contribution in [2.45, 2.75) is 13.5 Å². The van der Waals surface area contributed by atoms with E-state index in [0.717, 1.165) is 5.52 Å². The average molecular weight is 341 g/mol. The van der Waals surface area contributed by atoms with Crippen molar-refractivity contribution in [2.24, 2.45) is 10.2 Å². The number of carbonyl (C=O) groups excluding carboxylic acids is 1. The number of aromatic nitrogens is 1. The number of aromatic hydroxyl groups is 1. The molecule has 128 valence electrons. The summed E-state index contributed by atoms with van der Waals surface area (Å²) in [5, 5.41) is 18.5. The summed E-state index contributed by atoms with van der Waals surface area (Å²) in [6.07, 6.45) is 0. The third-order valence-corrected chi connectivity index (χ3v) is 3.67. The molecule has 1 heterocycles. The number of rotatable bonds is 5. The topological polar surface area (TPSA) is 76.2 Å². The van der Waals surface area contributed by atoms with Crippen molar-refractivity contribution in [3.05, 3.63) is 54.3 Å². The second kappa shape index (κ2) is 7.12. The molecule has 0 aliphatic heterocycles. The molecule has 1 amide bonds. The number of nitrogens with zero attached hydrogens (tertiary/aromatic N) is 3. The van der Waals surface area contributed by atoms with Crippen molar-refractivity contribution in [2.75, 3.05) is 6.61 Å². The molecule has 25 heavy (non-hydrogen) atoms. The summed E-state index contributed by atoms with van der Waals surface area (Å²) >= 11 is 0. The van der Waals surface area contributed by atoms with Crippen LogP contribution >= 0.6 is 0 Å². The van der Waals surface area contributed by atoms with Crippen LogP contribution in [0.15, 0.2) is 58.8 Å². The number of amides is 1. The first-order valence-corrected chi connectivity index (χ1v) is 7.73. The molecular formula is C18H16FN3O3. The Morgan fingerprint density at radius 1 is 1.20 bits per heavy atom. The average Bonchev–Trinajstić information content (AvgIpc) is 2.90. The van der Waals surface area contributed by atoms with Gasteiger partial charge in [0.05, 0.1) is 5.52 Å². The highest BCUT2D eigenvalue weighted by molar-refractivity contribution is 5.95. The summed E-state index contributed by atoms with van der Waals surface area (Å²) in [5.74, 6) is -0.687. The maximum absolute atomic E-state index is 12.8. The van der Waals surface area contributed by atoms with Gasteiger partial charge in [0.2, 0.25) is 5.88 Å². The normalized spacial score (nSPS) is 11.3. The second-order valence-corrected chi connectivity index (χ2v) is 5.27. The molecule has 3 aromatic rings. The second-order valence-electron chi connectivity index (χ2n) is 5.27. The molecule has 1 aromatic heterocycles. The Kier molecular flexibility index (Phi) is 4.74. The summed E-state index contributed by atoms with van der Waals surface area (Å²) in [7, 11) is 0. The predicted molar refractivity (Wildman–Crippen MR) is 90.7 cm³/mol. The molecule has 0 saturated carbocycles. The number of aryl methyl sites for hydroxylation is 1. The SMILES string of the molecule is CCn1c(O)c(N=NC(=O)COc2ccc(F)cc2)c2ccccc21. The molecule has 2 aromatic carbocycles. The fraction of sp³-hybridized carbons (Fsp3) is 0.167. The molecule has 1 N–H and O–H groups in total. The molecule has 0 bridgehead atoms. The lowest BCUT2D eigenvalue weighted by Crippen LogP contribution is -2.07. The highest BCUT2D eigenvalue weighted by Gasteiger charge is 2.15. The van der Waals surface area contributed by atoms with Gasteiger partial charge in [-0.2, -0.15) is 0 Å². The van der Waals surface area contributed by atoms with Crippen molar-refractivity contribution >= 4 is 22.5 Å². The highest BCUT2D eigenvalue weighted by atomic mass is 19.1. The standard InChI is InChI=1S/C18H16FN3O3/c1-2-22-15-6-4-3-5-14(15)17(18(22)24)21-20-16(23)11-25-13-9-7-12(19)8-10-13/h3-10,24H,2,11H2,1H3. The summed E-state index contributed by atoms with van der Waals surface area (Å²) in [5.41, 5.74) is 1.05. The fourth-order valence-electron chi connectivity index (χ4n) is 2.50. The monoisotopic (exact) mass is 341 g/mol. The molecule has 0 fully saturated rings. The quantitative estimate of drug-likeness (QED) is 0.707. The molecule has 3 rings (SSSR count). The van der Waals surface area contributed by atoms with Gasteiger partial charge in [-0.25, -0.2) is 4.39 Å². The molecule has 0 atom stereocenters. The Hall–Kier alpha value is -3.22. The van der Waals surface area contributed by atoms with Crippen LogP contribution in [0.25, 0.3) is 10.9 Å². The van der Waals surface area contributed by atoms with Crippen LogP contribution in [0.4, 0.5) is 10.1 Å². The number of hydrogen-bond acceptors (Lipinski definition) is 4. The van der Waals surface area contributed by atoms with Gasteiger partial charge in [-0.1, -0.05) is 18.2 Å². The van der Waals surface area contributed by atoms with Crippen LogP contribution in [-0.2, 0) is 11.3 Å². The number of azo groups is 1. The first-order valence-electron chi connectivity index (χ1n) is 7.73. The van der Waals surface area contributed by atoms with Crippen molar-refractivity contribution in [3.8, 4) is 11.6 Å². The van der Waals surface area contributed by atoms with E-state index in [4.69, 9.17) is 4.74 Å². The molecule has 0 aliphatic carbocycles. The number of para-hydroxylation sites is 1. The van der Waals surface area contributed by atoms with E-state index >= 15 is 0 Å². The molecule has 0 saturated heterocycles. The summed E-state index contributed by atoms with van der Waals surface area (Å²) in [4.78, 5) is 11.8. The fourth-order valence-corrected chi connectivity index (χ4v) is 2.50. The predicted octanol–water partition coefficient (Wildman–Crippen LogP) is 4.20. The molecule has 0 unspecified atom stereocenters. The zero-order valence-electron chi connectivity index (χ0n) is 13.5. The van der Waals surface area contributed by atoms with Gasteiger partial charge in [0.15, 0.2) is 12.3 Å². The van der Waals surface area contributed by atoms with Crippen LogP contribution in [0, 0.1) is 5.82 Å². The molecule has 0 spiro atoms. The van der Waals surface area contributed by atoms with E-state index in [-0.39, 0.29) is 24.0 Å². The number of fused-ring (bicyclic) bond motifs is 1. The lowest BCUT2D eigenvalue weighted by Gasteiger charge is -2.02. The number of hydrogen-bond donors (Lipinski definition) is 1. The Balaban J connectivity index is 1.75. The van der Waals surface area contributed by atoms with Crippen LogP contribution in [0.2, 0.25) is 0 Å². The van der Waals surface area contributed by atoms with E-state index in [9.17, 15) is 14.3 Å². The maximum atomic E-state index is 12.8. The third kappa shape index (κ3) is 3.50. The van der Waals surface area contributed by atoms with Gasteiger partial charge in [-0.15, -0.1) is 10.2 Å². The number of halogens is 1. The number of carbonyl (C=O) groups is 1. The van der Waals surface area contributed by atoms with Gasteiger partial charge in [0.25, 0.3) is 0 Å². The summed E-state index contributed by atoms with van der Waals surface area (Å²) < 4.78 is 19.7. The first-order chi connectivity index (χ1) is 12.1. The number of ether oxygens (including phenoxy) is 1. The summed E-state index contributed by atoms with van der Waals surface area (Å²) in [6.45, 7) is 2.13. The van der Waals surface area contributed by atoms with Crippen molar-refractivity contribution < 1.29 is 19.0 Å². The van der Waals surface area contributed by atoms with Gasteiger partial charge >= 0.3 is 5.91 Å².